The first-order valence-electron chi connectivity index (χ1n) is 7.43. The summed E-state index contributed by atoms with van der Waals surface area (Å²) in [5, 5.41) is 0.968. The van der Waals surface area contributed by atoms with Crippen molar-refractivity contribution in [3.8, 4) is 0 Å². The van der Waals surface area contributed by atoms with Crippen LogP contribution in [0, 0.1) is 6.92 Å². The van der Waals surface area contributed by atoms with Gasteiger partial charge >= 0.3 is 0 Å². The van der Waals surface area contributed by atoms with Crippen molar-refractivity contribution >= 4 is 21.0 Å². The van der Waals surface area contributed by atoms with E-state index in [1.54, 1.807) is 31.3 Å². The number of benzene rings is 2. The van der Waals surface area contributed by atoms with Gasteiger partial charge in [-0.2, -0.15) is 4.31 Å². The topological polar surface area (TPSA) is 50.5 Å². The highest BCUT2D eigenvalue weighted by atomic mass is 32.2. The van der Waals surface area contributed by atoms with Crippen LogP contribution in [-0.4, -0.2) is 19.8 Å². The molecule has 0 radical (unpaired) electrons. The molecule has 0 aliphatic carbocycles. The SMILES string of the molecule is Cc1ccc(S(=O)(=O)N(C)[C@H](C)c2cc3ccccc3o2)cc1. The normalized spacial score (nSPS) is 13.6. The van der Waals surface area contributed by atoms with Crippen LogP contribution >= 0.6 is 0 Å². The summed E-state index contributed by atoms with van der Waals surface area (Å²) in [4.78, 5) is 0.286. The van der Waals surface area contributed by atoms with Gasteiger partial charge in [0.25, 0.3) is 0 Å². The minimum atomic E-state index is -3.57. The standard InChI is InChI=1S/C18H19NO3S/c1-13-8-10-16(11-9-13)23(20,21)19(3)14(2)18-12-15-6-4-5-7-17(15)22-18/h4-12,14H,1-3H3/t14-/m1/s1. The van der Waals surface area contributed by atoms with Crippen molar-refractivity contribution in [2.24, 2.45) is 0 Å². The van der Waals surface area contributed by atoms with Crippen LogP contribution in [0.5, 0.6) is 0 Å². The lowest BCUT2D eigenvalue weighted by atomic mass is 10.2. The van der Waals surface area contributed by atoms with Gasteiger partial charge in [-0.3, -0.25) is 0 Å². The molecule has 120 valence electrons. The maximum absolute atomic E-state index is 12.8. The lowest BCUT2D eigenvalue weighted by Gasteiger charge is -2.22. The Kier molecular flexibility index (Phi) is 4.00. The average Bonchev–Trinajstić information content (AvgIpc) is 2.98. The summed E-state index contributed by atoms with van der Waals surface area (Å²) in [6.45, 7) is 3.75. The van der Waals surface area contributed by atoms with Gasteiger partial charge < -0.3 is 4.42 Å². The molecule has 0 saturated heterocycles. The molecule has 1 atom stereocenters. The van der Waals surface area contributed by atoms with Gasteiger partial charge in [0.1, 0.15) is 11.3 Å². The van der Waals surface area contributed by atoms with Gasteiger partial charge in [0.2, 0.25) is 10.0 Å². The van der Waals surface area contributed by atoms with Crippen LogP contribution in [-0.2, 0) is 10.0 Å². The molecule has 0 saturated carbocycles. The van der Waals surface area contributed by atoms with E-state index in [-0.39, 0.29) is 4.90 Å². The number of aryl methyl sites for hydroxylation is 1. The van der Waals surface area contributed by atoms with Gasteiger partial charge in [-0.15, -0.1) is 0 Å². The van der Waals surface area contributed by atoms with E-state index >= 15 is 0 Å². The third-order valence-corrected chi connectivity index (χ3v) is 6.04. The van der Waals surface area contributed by atoms with Gasteiger partial charge in [-0.05, 0) is 38.1 Å². The molecule has 3 aromatic rings. The second-order valence-corrected chi connectivity index (χ2v) is 7.69. The van der Waals surface area contributed by atoms with Crippen molar-refractivity contribution in [2.75, 3.05) is 7.05 Å². The molecular formula is C18H19NO3S. The Balaban J connectivity index is 1.94. The first-order valence-corrected chi connectivity index (χ1v) is 8.87. The molecule has 23 heavy (non-hydrogen) atoms. The van der Waals surface area contributed by atoms with Gasteiger partial charge in [-0.1, -0.05) is 35.9 Å². The number of furan rings is 1. The second-order valence-electron chi connectivity index (χ2n) is 5.70. The molecule has 0 spiro atoms. The van der Waals surface area contributed by atoms with E-state index in [4.69, 9.17) is 4.42 Å². The quantitative estimate of drug-likeness (QED) is 0.723. The number of sulfonamides is 1. The molecule has 5 heteroatoms. The van der Waals surface area contributed by atoms with E-state index in [2.05, 4.69) is 0 Å². The Bertz CT molecular complexity index is 893. The molecule has 1 heterocycles. The van der Waals surface area contributed by atoms with Crippen LogP contribution < -0.4 is 0 Å². The Morgan fingerprint density at radius 1 is 1.04 bits per heavy atom. The Hall–Kier alpha value is -2.11. The molecule has 0 aliphatic heterocycles. The Morgan fingerprint density at radius 2 is 1.70 bits per heavy atom. The number of para-hydroxylation sites is 1. The average molecular weight is 329 g/mol. The van der Waals surface area contributed by atoms with E-state index < -0.39 is 16.1 Å². The number of hydrogen-bond acceptors (Lipinski definition) is 3. The summed E-state index contributed by atoms with van der Waals surface area (Å²) in [7, 11) is -1.99. The molecule has 0 amide bonds. The first kappa shape index (κ1) is 15.8. The highest BCUT2D eigenvalue weighted by molar-refractivity contribution is 7.89. The number of hydrogen-bond donors (Lipinski definition) is 0. The van der Waals surface area contributed by atoms with Crippen LogP contribution in [0.25, 0.3) is 11.0 Å². The number of nitrogens with zero attached hydrogens (tertiary/aromatic N) is 1. The molecule has 1 aromatic heterocycles. The number of rotatable bonds is 4. The minimum Gasteiger partial charge on any atom is -0.459 e. The van der Waals surface area contributed by atoms with Crippen LogP contribution in [0.3, 0.4) is 0 Å². The molecule has 3 rings (SSSR count). The third kappa shape index (κ3) is 2.90. The van der Waals surface area contributed by atoms with Crippen molar-refractivity contribution in [1.82, 2.24) is 4.31 Å². The predicted octanol–water partition coefficient (Wildman–Crippen LogP) is 4.12. The van der Waals surface area contributed by atoms with Crippen LogP contribution in [0.1, 0.15) is 24.3 Å². The van der Waals surface area contributed by atoms with Crippen molar-refractivity contribution < 1.29 is 12.8 Å². The van der Waals surface area contributed by atoms with E-state index in [1.807, 2.05) is 44.2 Å². The molecule has 0 unspecified atom stereocenters. The zero-order chi connectivity index (χ0) is 16.6. The predicted molar refractivity (Wildman–Crippen MR) is 90.8 cm³/mol. The van der Waals surface area contributed by atoms with Crippen LogP contribution in [0.4, 0.5) is 0 Å². The molecule has 0 aliphatic rings. The molecular weight excluding hydrogens is 310 g/mol. The third-order valence-electron chi connectivity index (χ3n) is 4.10. The van der Waals surface area contributed by atoms with E-state index in [1.165, 1.54) is 4.31 Å². The van der Waals surface area contributed by atoms with Crippen LogP contribution in [0.2, 0.25) is 0 Å². The molecule has 2 aromatic carbocycles. The monoisotopic (exact) mass is 329 g/mol. The van der Waals surface area contributed by atoms with Crippen LogP contribution in [0.15, 0.2) is 63.9 Å². The van der Waals surface area contributed by atoms with Crippen molar-refractivity contribution in [3.05, 3.63) is 65.9 Å². The highest BCUT2D eigenvalue weighted by Gasteiger charge is 2.28. The smallest absolute Gasteiger partial charge is 0.243 e. The van der Waals surface area contributed by atoms with Gasteiger partial charge in [0, 0.05) is 12.4 Å². The Labute approximate surface area is 136 Å². The summed E-state index contributed by atoms with van der Waals surface area (Å²) in [6.07, 6.45) is 0. The molecule has 0 bridgehead atoms. The van der Waals surface area contributed by atoms with E-state index in [9.17, 15) is 8.42 Å². The van der Waals surface area contributed by atoms with Crippen molar-refractivity contribution in [3.63, 3.8) is 0 Å². The maximum Gasteiger partial charge on any atom is 0.243 e. The summed E-state index contributed by atoms with van der Waals surface area (Å²) < 4.78 is 32.7. The first-order chi connectivity index (χ1) is 10.9. The second kappa shape index (κ2) is 5.83. The zero-order valence-electron chi connectivity index (χ0n) is 13.4. The lowest BCUT2D eigenvalue weighted by molar-refractivity contribution is 0.348. The van der Waals surface area contributed by atoms with Crippen molar-refractivity contribution in [1.29, 1.82) is 0 Å². The van der Waals surface area contributed by atoms with E-state index in [0.29, 0.717) is 5.76 Å². The van der Waals surface area contributed by atoms with Gasteiger partial charge in [-0.25, -0.2) is 8.42 Å². The molecule has 4 nitrogen and oxygen atoms in total. The minimum absolute atomic E-state index is 0.286. The maximum atomic E-state index is 12.8. The number of fused-ring (bicyclic) bond motifs is 1. The molecule has 0 N–H and O–H groups in total. The summed E-state index contributed by atoms with van der Waals surface area (Å²) >= 11 is 0. The van der Waals surface area contributed by atoms with Crippen molar-refractivity contribution in [2.45, 2.75) is 24.8 Å². The van der Waals surface area contributed by atoms with Gasteiger partial charge in [0.05, 0.1) is 10.9 Å². The largest absolute Gasteiger partial charge is 0.459 e. The molecule has 0 fully saturated rings. The van der Waals surface area contributed by atoms with E-state index in [0.717, 1.165) is 16.5 Å². The van der Waals surface area contributed by atoms with Gasteiger partial charge in [0.15, 0.2) is 0 Å². The summed E-state index contributed by atoms with van der Waals surface area (Å²) in [5.41, 5.74) is 1.78. The summed E-state index contributed by atoms with van der Waals surface area (Å²) in [6, 6.07) is 16.0. The Morgan fingerprint density at radius 3 is 2.35 bits per heavy atom. The fraction of sp³-hybridized carbons (Fsp3) is 0.222. The zero-order valence-corrected chi connectivity index (χ0v) is 14.2. The fourth-order valence-electron chi connectivity index (χ4n) is 2.47. The highest BCUT2D eigenvalue weighted by Crippen LogP contribution is 2.30. The lowest BCUT2D eigenvalue weighted by Crippen LogP contribution is -2.29. The fourth-order valence-corrected chi connectivity index (χ4v) is 3.80. The summed E-state index contributed by atoms with van der Waals surface area (Å²) in [5.74, 6) is 0.629.